The molecule has 0 aromatic heterocycles. The van der Waals surface area contributed by atoms with Crippen LogP contribution in [0.15, 0.2) is 42.5 Å². The first-order valence-corrected chi connectivity index (χ1v) is 11.1. The van der Waals surface area contributed by atoms with Crippen LogP contribution in [0, 0.1) is 0 Å². The van der Waals surface area contributed by atoms with E-state index in [2.05, 4.69) is 28.8 Å². The molecule has 0 bridgehead atoms. The Morgan fingerprint density at radius 1 is 1.06 bits per heavy atom. The molecule has 2 aliphatic carbocycles. The lowest BCUT2D eigenvalue weighted by atomic mass is 9.89. The van der Waals surface area contributed by atoms with E-state index in [1.807, 2.05) is 31.2 Å². The van der Waals surface area contributed by atoms with Crippen LogP contribution in [-0.2, 0) is 34.4 Å². The number of imide groups is 1. The first-order valence-electron chi connectivity index (χ1n) is 11.1. The minimum Gasteiger partial charge on any atom is -0.348 e. The largest absolute Gasteiger partial charge is 0.348 e. The SMILES string of the molecule is CC(NC(=O)CN1C(=O)NC2(CCc3ccccc32)C1=O)c1ccc2c(c1)CCCC2. The normalized spacial score (nSPS) is 22.8. The number of rotatable bonds is 4. The van der Waals surface area contributed by atoms with Gasteiger partial charge in [-0.3, -0.25) is 14.5 Å². The molecule has 1 heterocycles. The summed E-state index contributed by atoms with van der Waals surface area (Å²) in [4.78, 5) is 39.6. The van der Waals surface area contributed by atoms with Crippen molar-refractivity contribution in [2.75, 3.05) is 6.54 Å². The van der Waals surface area contributed by atoms with Crippen molar-refractivity contribution in [1.29, 1.82) is 0 Å². The van der Waals surface area contributed by atoms with Crippen LogP contribution in [0.25, 0.3) is 0 Å². The molecule has 2 unspecified atom stereocenters. The fraction of sp³-hybridized carbons (Fsp3) is 0.400. The predicted molar refractivity (Wildman–Crippen MR) is 116 cm³/mol. The number of aryl methyl sites for hydroxylation is 3. The van der Waals surface area contributed by atoms with Crippen molar-refractivity contribution in [3.05, 3.63) is 70.3 Å². The zero-order valence-electron chi connectivity index (χ0n) is 17.7. The molecule has 160 valence electrons. The Kier molecular flexibility index (Phi) is 4.80. The maximum absolute atomic E-state index is 13.2. The van der Waals surface area contributed by atoms with Gasteiger partial charge in [0.2, 0.25) is 5.91 Å². The van der Waals surface area contributed by atoms with E-state index < -0.39 is 11.6 Å². The molecule has 1 spiro atoms. The number of fused-ring (bicyclic) bond motifs is 3. The lowest BCUT2D eigenvalue weighted by Crippen LogP contribution is -2.44. The molecule has 1 aliphatic heterocycles. The third-order valence-electron chi connectivity index (χ3n) is 6.97. The second kappa shape index (κ2) is 7.52. The first kappa shape index (κ1) is 19.8. The van der Waals surface area contributed by atoms with Crippen molar-refractivity contribution >= 4 is 17.8 Å². The quantitative estimate of drug-likeness (QED) is 0.751. The molecule has 4 amide bonds. The summed E-state index contributed by atoms with van der Waals surface area (Å²) in [6.45, 7) is 1.66. The standard InChI is InChI=1S/C25H27N3O3/c1-16(19-11-10-17-6-2-3-8-20(17)14-19)26-22(29)15-28-23(30)25(27-24(28)31)13-12-18-7-4-5-9-21(18)25/h4-5,7,9-11,14,16H,2-3,6,8,12-13,15H2,1H3,(H,26,29)(H,27,31). The zero-order valence-corrected chi connectivity index (χ0v) is 17.7. The van der Waals surface area contributed by atoms with Gasteiger partial charge in [-0.05, 0) is 73.3 Å². The van der Waals surface area contributed by atoms with Crippen LogP contribution in [0.4, 0.5) is 4.79 Å². The van der Waals surface area contributed by atoms with Gasteiger partial charge in [0, 0.05) is 0 Å². The number of amides is 4. The van der Waals surface area contributed by atoms with Crippen LogP contribution in [0.2, 0.25) is 0 Å². The Morgan fingerprint density at radius 2 is 1.84 bits per heavy atom. The van der Waals surface area contributed by atoms with Crippen LogP contribution < -0.4 is 10.6 Å². The Bertz CT molecular complexity index is 1080. The van der Waals surface area contributed by atoms with Crippen LogP contribution in [-0.4, -0.2) is 29.3 Å². The smallest absolute Gasteiger partial charge is 0.325 e. The van der Waals surface area contributed by atoms with Crippen molar-refractivity contribution in [1.82, 2.24) is 15.5 Å². The summed E-state index contributed by atoms with van der Waals surface area (Å²) in [5.74, 6) is -0.670. The van der Waals surface area contributed by atoms with E-state index in [4.69, 9.17) is 0 Å². The van der Waals surface area contributed by atoms with E-state index in [9.17, 15) is 14.4 Å². The highest BCUT2D eigenvalue weighted by Crippen LogP contribution is 2.41. The number of carbonyl (C=O) groups is 3. The minimum atomic E-state index is -1.03. The van der Waals surface area contributed by atoms with Gasteiger partial charge in [0.15, 0.2) is 0 Å². The molecule has 0 radical (unpaired) electrons. The molecular formula is C25H27N3O3. The Morgan fingerprint density at radius 3 is 2.68 bits per heavy atom. The van der Waals surface area contributed by atoms with Gasteiger partial charge in [0.1, 0.15) is 12.1 Å². The van der Waals surface area contributed by atoms with E-state index in [0.29, 0.717) is 6.42 Å². The van der Waals surface area contributed by atoms with E-state index in [1.165, 1.54) is 24.0 Å². The van der Waals surface area contributed by atoms with Crippen molar-refractivity contribution < 1.29 is 14.4 Å². The Balaban J connectivity index is 1.28. The van der Waals surface area contributed by atoms with Gasteiger partial charge in [-0.25, -0.2) is 4.79 Å². The predicted octanol–water partition coefficient (Wildman–Crippen LogP) is 3.14. The van der Waals surface area contributed by atoms with Crippen molar-refractivity contribution in [3.8, 4) is 0 Å². The lowest BCUT2D eigenvalue weighted by Gasteiger charge is -2.23. The third-order valence-corrected chi connectivity index (χ3v) is 6.97. The van der Waals surface area contributed by atoms with Gasteiger partial charge >= 0.3 is 6.03 Å². The van der Waals surface area contributed by atoms with Crippen molar-refractivity contribution in [2.45, 2.75) is 57.0 Å². The fourth-order valence-corrected chi connectivity index (χ4v) is 5.27. The molecular weight excluding hydrogens is 390 g/mol. The van der Waals surface area contributed by atoms with E-state index >= 15 is 0 Å². The van der Waals surface area contributed by atoms with Crippen LogP contribution in [0.5, 0.6) is 0 Å². The number of carbonyl (C=O) groups excluding carboxylic acids is 3. The summed E-state index contributed by atoms with van der Waals surface area (Å²) >= 11 is 0. The van der Waals surface area contributed by atoms with Gasteiger partial charge in [0.25, 0.3) is 5.91 Å². The Hall–Kier alpha value is -3.15. The van der Waals surface area contributed by atoms with Crippen LogP contribution >= 0.6 is 0 Å². The second-order valence-electron chi connectivity index (χ2n) is 8.91. The summed E-state index contributed by atoms with van der Waals surface area (Å²) in [7, 11) is 0. The summed E-state index contributed by atoms with van der Waals surface area (Å²) < 4.78 is 0. The monoisotopic (exact) mass is 417 g/mol. The highest BCUT2D eigenvalue weighted by atomic mass is 16.2. The number of hydrogen-bond acceptors (Lipinski definition) is 3. The zero-order chi connectivity index (χ0) is 21.6. The molecule has 5 rings (SSSR count). The molecule has 6 heteroatoms. The molecule has 3 aliphatic rings. The van der Waals surface area contributed by atoms with E-state index in [1.54, 1.807) is 0 Å². The molecule has 2 atom stereocenters. The molecule has 0 saturated carbocycles. The molecule has 6 nitrogen and oxygen atoms in total. The molecule has 2 N–H and O–H groups in total. The van der Waals surface area contributed by atoms with Crippen molar-refractivity contribution in [2.24, 2.45) is 0 Å². The highest BCUT2D eigenvalue weighted by Gasteiger charge is 2.55. The fourth-order valence-electron chi connectivity index (χ4n) is 5.27. The molecule has 1 fully saturated rings. The summed E-state index contributed by atoms with van der Waals surface area (Å²) in [5, 5.41) is 5.82. The molecule has 31 heavy (non-hydrogen) atoms. The molecule has 1 saturated heterocycles. The van der Waals surface area contributed by atoms with Gasteiger partial charge in [-0.15, -0.1) is 0 Å². The van der Waals surface area contributed by atoms with Crippen LogP contribution in [0.1, 0.15) is 60.0 Å². The van der Waals surface area contributed by atoms with Gasteiger partial charge < -0.3 is 10.6 Å². The van der Waals surface area contributed by atoms with E-state index in [0.717, 1.165) is 40.9 Å². The number of nitrogens with zero attached hydrogens (tertiary/aromatic N) is 1. The van der Waals surface area contributed by atoms with Gasteiger partial charge in [-0.1, -0.05) is 42.5 Å². The van der Waals surface area contributed by atoms with Gasteiger partial charge in [-0.2, -0.15) is 0 Å². The van der Waals surface area contributed by atoms with E-state index in [-0.39, 0.29) is 24.4 Å². The maximum atomic E-state index is 13.2. The average Bonchev–Trinajstić information content (AvgIpc) is 3.26. The highest BCUT2D eigenvalue weighted by molar-refractivity contribution is 6.09. The minimum absolute atomic E-state index is 0.193. The molecule has 2 aromatic rings. The Labute approximate surface area is 182 Å². The maximum Gasteiger partial charge on any atom is 0.325 e. The summed E-state index contributed by atoms with van der Waals surface area (Å²) in [6, 6.07) is 13.4. The number of hydrogen-bond donors (Lipinski definition) is 2. The number of nitrogens with one attached hydrogen (secondary N) is 2. The second-order valence-corrected chi connectivity index (χ2v) is 8.91. The summed E-state index contributed by atoms with van der Waals surface area (Å²) in [5.41, 5.74) is 4.70. The topological polar surface area (TPSA) is 78.5 Å². The number of benzene rings is 2. The van der Waals surface area contributed by atoms with Gasteiger partial charge in [0.05, 0.1) is 6.04 Å². The number of urea groups is 1. The van der Waals surface area contributed by atoms with Crippen molar-refractivity contribution in [3.63, 3.8) is 0 Å². The lowest BCUT2D eigenvalue weighted by molar-refractivity contribution is -0.135. The first-order chi connectivity index (χ1) is 15.0. The average molecular weight is 418 g/mol. The summed E-state index contributed by atoms with van der Waals surface area (Å²) in [6.07, 6.45) is 5.90. The third kappa shape index (κ3) is 3.30. The van der Waals surface area contributed by atoms with Crippen LogP contribution in [0.3, 0.4) is 0 Å². The molecule has 2 aromatic carbocycles.